The van der Waals surface area contributed by atoms with E-state index in [9.17, 15) is 18.0 Å². The maximum Gasteiger partial charge on any atom is 0.406 e. The number of alkyl halides is 3. The van der Waals surface area contributed by atoms with Crippen LogP contribution in [-0.4, -0.2) is 23.3 Å². The van der Waals surface area contributed by atoms with E-state index in [4.69, 9.17) is 5.11 Å². The number of carbonyl (C=O) groups is 1. The van der Waals surface area contributed by atoms with Gasteiger partial charge in [0.1, 0.15) is 6.04 Å². The van der Waals surface area contributed by atoms with Crippen molar-refractivity contribution in [2.75, 3.05) is 0 Å². The van der Waals surface area contributed by atoms with Gasteiger partial charge in [-0.3, -0.25) is 9.63 Å². The van der Waals surface area contributed by atoms with Gasteiger partial charge in [0.15, 0.2) is 0 Å². The van der Waals surface area contributed by atoms with Gasteiger partial charge >= 0.3 is 12.1 Å². The van der Waals surface area contributed by atoms with Crippen molar-refractivity contribution in [1.82, 2.24) is 5.48 Å². The van der Waals surface area contributed by atoms with Crippen LogP contribution in [0.4, 0.5) is 13.2 Å². The van der Waals surface area contributed by atoms with Gasteiger partial charge in [0.2, 0.25) is 0 Å². The van der Waals surface area contributed by atoms with Crippen molar-refractivity contribution >= 4 is 5.97 Å². The summed E-state index contributed by atoms with van der Waals surface area (Å²) < 4.78 is 37.2. The number of carboxylic acid groups (broad SMARTS) is 1. The summed E-state index contributed by atoms with van der Waals surface area (Å²) in [4.78, 5) is 15.0. The van der Waals surface area contributed by atoms with Gasteiger partial charge in [0, 0.05) is 0 Å². The van der Waals surface area contributed by atoms with Crippen LogP contribution in [0.15, 0.2) is 30.3 Å². The summed E-state index contributed by atoms with van der Waals surface area (Å²) in [7, 11) is 0. The molecular formula is C11H12F3NO3. The van der Waals surface area contributed by atoms with E-state index >= 15 is 0 Å². The SMILES string of the molecule is O=C(O)C[C@@H](NOCc1ccccc1)C(F)(F)F. The molecule has 0 heterocycles. The van der Waals surface area contributed by atoms with Gasteiger partial charge in [-0.1, -0.05) is 30.3 Å². The van der Waals surface area contributed by atoms with Crippen molar-refractivity contribution in [2.45, 2.75) is 25.2 Å². The lowest BCUT2D eigenvalue weighted by atomic mass is 10.2. The highest BCUT2D eigenvalue weighted by molar-refractivity contribution is 5.67. The Morgan fingerprint density at radius 2 is 1.94 bits per heavy atom. The van der Waals surface area contributed by atoms with Crippen molar-refractivity contribution in [3.8, 4) is 0 Å². The molecule has 0 unspecified atom stereocenters. The summed E-state index contributed by atoms with van der Waals surface area (Å²) >= 11 is 0. The Kier molecular flexibility index (Phi) is 5.11. The predicted molar refractivity (Wildman–Crippen MR) is 56.5 cm³/mol. The number of halogens is 3. The van der Waals surface area contributed by atoms with Crippen LogP contribution < -0.4 is 5.48 Å². The fourth-order valence-electron chi connectivity index (χ4n) is 1.20. The second-order valence-electron chi connectivity index (χ2n) is 3.58. The molecule has 1 rings (SSSR count). The lowest BCUT2D eigenvalue weighted by Crippen LogP contribution is -2.43. The van der Waals surface area contributed by atoms with E-state index in [1.165, 1.54) is 0 Å². The molecule has 100 valence electrons. The average molecular weight is 263 g/mol. The lowest BCUT2D eigenvalue weighted by molar-refractivity contribution is -0.193. The third-order valence-electron chi connectivity index (χ3n) is 2.08. The minimum Gasteiger partial charge on any atom is -0.481 e. The Balaban J connectivity index is 2.45. The largest absolute Gasteiger partial charge is 0.481 e. The van der Waals surface area contributed by atoms with Crippen molar-refractivity contribution in [3.63, 3.8) is 0 Å². The van der Waals surface area contributed by atoms with Crippen LogP contribution in [0, 0.1) is 0 Å². The molecule has 1 atom stereocenters. The molecule has 4 nitrogen and oxygen atoms in total. The van der Waals surface area contributed by atoms with E-state index in [0.29, 0.717) is 5.56 Å². The number of hydrogen-bond donors (Lipinski definition) is 2. The second kappa shape index (κ2) is 6.36. The minimum atomic E-state index is -4.67. The molecular weight excluding hydrogens is 251 g/mol. The maximum atomic E-state index is 12.4. The number of nitrogens with one attached hydrogen (secondary N) is 1. The molecule has 0 spiro atoms. The third-order valence-corrected chi connectivity index (χ3v) is 2.08. The molecule has 0 saturated carbocycles. The molecule has 0 aliphatic rings. The number of hydrogen-bond acceptors (Lipinski definition) is 3. The van der Waals surface area contributed by atoms with E-state index in [1.54, 1.807) is 35.8 Å². The smallest absolute Gasteiger partial charge is 0.406 e. The van der Waals surface area contributed by atoms with Crippen molar-refractivity contribution in [1.29, 1.82) is 0 Å². The molecule has 0 saturated heterocycles. The number of carboxylic acids is 1. The monoisotopic (exact) mass is 263 g/mol. The fraction of sp³-hybridized carbons (Fsp3) is 0.364. The topological polar surface area (TPSA) is 58.6 Å². The van der Waals surface area contributed by atoms with Crippen LogP contribution >= 0.6 is 0 Å². The zero-order valence-corrected chi connectivity index (χ0v) is 9.28. The Labute approximate surface area is 101 Å². The van der Waals surface area contributed by atoms with E-state index in [2.05, 4.69) is 4.84 Å². The third kappa shape index (κ3) is 5.15. The summed E-state index contributed by atoms with van der Waals surface area (Å²) in [5.74, 6) is -1.55. The lowest BCUT2D eigenvalue weighted by Gasteiger charge is -2.19. The van der Waals surface area contributed by atoms with Crippen LogP contribution in [0.2, 0.25) is 0 Å². The molecule has 2 N–H and O–H groups in total. The molecule has 0 aliphatic heterocycles. The Morgan fingerprint density at radius 1 is 1.33 bits per heavy atom. The summed E-state index contributed by atoms with van der Waals surface area (Å²) in [5, 5.41) is 8.37. The van der Waals surface area contributed by atoms with Gasteiger partial charge in [-0.2, -0.15) is 18.7 Å². The summed E-state index contributed by atoms with van der Waals surface area (Å²) in [5.41, 5.74) is 2.42. The van der Waals surface area contributed by atoms with Gasteiger partial charge in [-0.25, -0.2) is 0 Å². The van der Waals surface area contributed by atoms with Crippen LogP contribution in [-0.2, 0) is 16.2 Å². The van der Waals surface area contributed by atoms with E-state index in [1.807, 2.05) is 0 Å². The van der Waals surface area contributed by atoms with Crippen molar-refractivity contribution in [2.24, 2.45) is 0 Å². The van der Waals surface area contributed by atoms with Crippen LogP contribution in [0.3, 0.4) is 0 Å². The summed E-state index contributed by atoms with van der Waals surface area (Å²) in [6, 6.07) is 6.34. The van der Waals surface area contributed by atoms with Gasteiger partial charge < -0.3 is 5.11 Å². The zero-order chi connectivity index (χ0) is 13.6. The van der Waals surface area contributed by atoms with Crippen LogP contribution in [0.1, 0.15) is 12.0 Å². The molecule has 7 heteroatoms. The normalized spacial score (nSPS) is 13.3. The van der Waals surface area contributed by atoms with E-state index in [0.717, 1.165) is 0 Å². The zero-order valence-electron chi connectivity index (χ0n) is 9.28. The molecule has 0 aromatic heterocycles. The highest BCUT2D eigenvalue weighted by atomic mass is 19.4. The van der Waals surface area contributed by atoms with E-state index in [-0.39, 0.29) is 6.61 Å². The maximum absolute atomic E-state index is 12.4. The average Bonchev–Trinajstić information content (AvgIpc) is 2.27. The van der Waals surface area contributed by atoms with Crippen LogP contribution in [0.5, 0.6) is 0 Å². The highest BCUT2D eigenvalue weighted by Gasteiger charge is 2.41. The first kappa shape index (κ1) is 14.5. The van der Waals surface area contributed by atoms with E-state index < -0.39 is 24.6 Å². The Hall–Kier alpha value is -1.60. The van der Waals surface area contributed by atoms with Crippen molar-refractivity contribution < 1.29 is 27.9 Å². The number of rotatable bonds is 6. The summed E-state index contributed by atoms with van der Waals surface area (Å²) in [6.45, 7) is -0.0764. The summed E-state index contributed by atoms with van der Waals surface area (Å²) in [6.07, 6.45) is -5.76. The van der Waals surface area contributed by atoms with Gasteiger partial charge in [0.05, 0.1) is 13.0 Å². The quantitative estimate of drug-likeness (QED) is 0.772. The van der Waals surface area contributed by atoms with Crippen molar-refractivity contribution in [3.05, 3.63) is 35.9 Å². The molecule has 0 fully saturated rings. The minimum absolute atomic E-state index is 0.0764. The highest BCUT2D eigenvalue weighted by Crippen LogP contribution is 2.22. The Morgan fingerprint density at radius 3 is 2.44 bits per heavy atom. The fourth-order valence-corrected chi connectivity index (χ4v) is 1.20. The molecule has 0 amide bonds. The first-order valence-corrected chi connectivity index (χ1v) is 5.09. The molecule has 18 heavy (non-hydrogen) atoms. The van der Waals surface area contributed by atoms with Gasteiger partial charge in [0.25, 0.3) is 0 Å². The molecule has 0 aliphatic carbocycles. The number of hydroxylamine groups is 1. The standard InChI is InChI=1S/C11H12F3NO3/c12-11(13,14)9(6-10(16)17)15-18-7-8-4-2-1-3-5-8/h1-5,9,15H,6-7H2,(H,16,17)/t9-/m1/s1. The molecule has 0 bridgehead atoms. The number of aliphatic carboxylic acids is 1. The molecule has 1 aromatic carbocycles. The first-order chi connectivity index (χ1) is 8.39. The van der Waals surface area contributed by atoms with Gasteiger partial charge in [-0.05, 0) is 5.56 Å². The molecule has 0 radical (unpaired) electrons. The predicted octanol–water partition coefficient (Wildman–Crippen LogP) is 2.11. The second-order valence-corrected chi connectivity index (χ2v) is 3.58. The van der Waals surface area contributed by atoms with Crippen LogP contribution in [0.25, 0.3) is 0 Å². The van der Waals surface area contributed by atoms with Gasteiger partial charge in [-0.15, -0.1) is 0 Å². The Bertz CT molecular complexity index is 381. The first-order valence-electron chi connectivity index (χ1n) is 5.09. The molecule has 1 aromatic rings. The number of benzene rings is 1.